The molecular weight excluding hydrogens is 354 g/mol. The van der Waals surface area contributed by atoms with Gasteiger partial charge in [-0.05, 0) is 54.6 Å². The first-order valence-corrected chi connectivity index (χ1v) is 9.57. The van der Waals surface area contributed by atoms with Gasteiger partial charge < -0.3 is 0 Å². The summed E-state index contributed by atoms with van der Waals surface area (Å²) in [4.78, 5) is 25.1. The van der Waals surface area contributed by atoms with Crippen molar-refractivity contribution in [2.45, 2.75) is 11.8 Å². The zero-order chi connectivity index (χ0) is 18.0. The summed E-state index contributed by atoms with van der Waals surface area (Å²) < 4.78 is 0. The minimum Gasteiger partial charge on any atom is -0.294 e. The highest BCUT2D eigenvalue weighted by Crippen LogP contribution is 2.40. The summed E-state index contributed by atoms with van der Waals surface area (Å²) in [5, 5.41) is 10.9. The lowest BCUT2D eigenvalue weighted by Gasteiger charge is -2.05. The van der Waals surface area contributed by atoms with Crippen molar-refractivity contribution in [1.29, 1.82) is 0 Å². The summed E-state index contributed by atoms with van der Waals surface area (Å²) in [5.74, 6) is 0.0140. The third-order valence-electron chi connectivity index (χ3n) is 3.82. The van der Waals surface area contributed by atoms with Crippen LogP contribution in [-0.4, -0.2) is 17.0 Å². The van der Waals surface area contributed by atoms with Crippen molar-refractivity contribution in [3.63, 3.8) is 0 Å². The van der Waals surface area contributed by atoms with Gasteiger partial charge in [-0.1, -0.05) is 12.1 Å². The van der Waals surface area contributed by atoms with Crippen molar-refractivity contribution in [2.24, 2.45) is 0 Å². The molecule has 1 heterocycles. The zero-order valence-corrected chi connectivity index (χ0v) is 15.3. The fraction of sp³-hybridized carbons (Fsp3) is 0.105. The lowest BCUT2D eigenvalue weighted by molar-refractivity contribution is -0.384. The number of carbonyl (C=O) groups is 1. The summed E-state index contributed by atoms with van der Waals surface area (Å²) in [6.45, 7) is 1.55. The van der Waals surface area contributed by atoms with Gasteiger partial charge in [0.15, 0.2) is 5.78 Å². The number of non-ortho nitro benzene ring substituents is 1. The minimum absolute atomic E-state index is 0.0140. The number of nitro benzene ring substituents is 1. The first-order chi connectivity index (χ1) is 12.0. The molecule has 0 aliphatic carbocycles. The van der Waals surface area contributed by atoms with Gasteiger partial charge in [0.25, 0.3) is 5.69 Å². The Bertz CT molecular complexity index is 928. The fourth-order valence-corrected chi connectivity index (χ4v) is 3.99. The maximum Gasteiger partial charge on any atom is 0.269 e. The monoisotopic (exact) mass is 369 g/mol. The number of hydrogen-bond donors (Lipinski definition) is 0. The molecule has 1 aromatic heterocycles. The van der Waals surface area contributed by atoms with Crippen LogP contribution in [0.2, 0.25) is 0 Å². The summed E-state index contributed by atoms with van der Waals surface area (Å²) in [7, 11) is 0. The number of Topliss-reactive ketones (excluding diaryl/α,β-unsaturated/α-hetero) is 1. The SMILES string of the molecule is CSc1ccc(-c2cc(C(C)=O)sc2-c2ccc([N+](=O)[O-])cc2)cc1. The van der Waals surface area contributed by atoms with Crippen LogP contribution < -0.4 is 0 Å². The molecule has 2 aromatic carbocycles. The van der Waals surface area contributed by atoms with Crippen LogP contribution >= 0.6 is 23.1 Å². The molecule has 0 fully saturated rings. The molecule has 0 atom stereocenters. The number of thiophene rings is 1. The van der Waals surface area contributed by atoms with Gasteiger partial charge in [-0.3, -0.25) is 14.9 Å². The second kappa shape index (κ2) is 7.21. The Labute approximate surface area is 153 Å². The van der Waals surface area contributed by atoms with Crippen LogP contribution in [0.25, 0.3) is 21.6 Å². The van der Waals surface area contributed by atoms with E-state index in [1.165, 1.54) is 28.4 Å². The molecule has 6 heteroatoms. The third kappa shape index (κ3) is 3.65. The van der Waals surface area contributed by atoms with E-state index in [1.54, 1.807) is 30.8 Å². The van der Waals surface area contributed by atoms with Crippen molar-refractivity contribution >= 4 is 34.6 Å². The Balaban J connectivity index is 2.11. The van der Waals surface area contributed by atoms with Crippen molar-refractivity contribution < 1.29 is 9.72 Å². The van der Waals surface area contributed by atoms with Crippen LogP contribution in [0.1, 0.15) is 16.6 Å². The second-order valence-electron chi connectivity index (χ2n) is 5.44. The van der Waals surface area contributed by atoms with Crippen molar-refractivity contribution in [3.05, 3.63) is 69.6 Å². The van der Waals surface area contributed by atoms with Crippen LogP contribution in [0.3, 0.4) is 0 Å². The van der Waals surface area contributed by atoms with E-state index in [0.29, 0.717) is 4.88 Å². The number of thioether (sulfide) groups is 1. The molecule has 3 rings (SSSR count). The van der Waals surface area contributed by atoms with Crippen molar-refractivity contribution in [3.8, 4) is 21.6 Å². The molecular formula is C19H15NO3S2. The minimum atomic E-state index is -0.415. The highest BCUT2D eigenvalue weighted by atomic mass is 32.2. The molecule has 0 saturated heterocycles. The predicted molar refractivity (Wildman–Crippen MR) is 104 cm³/mol. The molecule has 0 saturated carbocycles. The van der Waals surface area contributed by atoms with E-state index in [2.05, 4.69) is 0 Å². The van der Waals surface area contributed by atoms with Crippen LogP contribution in [-0.2, 0) is 0 Å². The molecule has 0 unspecified atom stereocenters. The van der Waals surface area contributed by atoms with Crippen molar-refractivity contribution in [1.82, 2.24) is 0 Å². The highest BCUT2D eigenvalue weighted by Gasteiger charge is 2.16. The Morgan fingerprint density at radius 1 is 1.04 bits per heavy atom. The van der Waals surface area contributed by atoms with Crippen LogP contribution in [0, 0.1) is 10.1 Å². The van der Waals surface area contributed by atoms with Crippen molar-refractivity contribution in [2.75, 3.05) is 6.26 Å². The van der Waals surface area contributed by atoms with E-state index < -0.39 is 4.92 Å². The lowest BCUT2D eigenvalue weighted by Crippen LogP contribution is -1.87. The highest BCUT2D eigenvalue weighted by molar-refractivity contribution is 7.98. The zero-order valence-electron chi connectivity index (χ0n) is 13.7. The van der Waals surface area contributed by atoms with E-state index in [4.69, 9.17) is 0 Å². The Kier molecular flexibility index (Phi) is 5.01. The number of rotatable bonds is 5. The maximum atomic E-state index is 11.8. The fourth-order valence-electron chi connectivity index (χ4n) is 2.50. The Morgan fingerprint density at radius 3 is 2.16 bits per heavy atom. The maximum absolute atomic E-state index is 11.8. The van der Waals surface area contributed by atoms with E-state index >= 15 is 0 Å². The molecule has 4 nitrogen and oxygen atoms in total. The number of nitrogens with zero attached hydrogens (tertiary/aromatic N) is 1. The topological polar surface area (TPSA) is 60.2 Å². The van der Waals surface area contributed by atoms with Gasteiger partial charge in [0, 0.05) is 27.5 Å². The standard InChI is InChI=1S/C19H15NO3S2/c1-12(21)18-11-17(13-5-9-16(24-2)10-6-13)19(25-18)14-3-7-15(8-4-14)20(22)23/h3-11H,1-2H3. The average Bonchev–Trinajstić information content (AvgIpc) is 3.07. The molecule has 0 bridgehead atoms. The van der Waals surface area contributed by atoms with E-state index in [9.17, 15) is 14.9 Å². The molecule has 25 heavy (non-hydrogen) atoms. The van der Waals surface area contributed by atoms with Crippen LogP contribution in [0.5, 0.6) is 0 Å². The van der Waals surface area contributed by atoms with Gasteiger partial charge in [-0.25, -0.2) is 0 Å². The smallest absolute Gasteiger partial charge is 0.269 e. The van der Waals surface area contributed by atoms with Gasteiger partial charge in [0.05, 0.1) is 9.80 Å². The number of benzene rings is 2. The molecule has 0 aliphatic heterocycles. The molecule has 126 valence electrons. The van der Waals surface area contributed by atoms with Gasteiger partial charge >= 0.3 is 0 Å². The number of hydrogen-bond acceptors (Lipinski definition) is 5. The first-order valence-electron chi connectivity index (χ1n) is 7.53. The number of carbonyl (C=O) groups excluding carboxylic acids is 1. The molecule has 3 aromatic rings. The molecule has 0 aliphatic rings. The number of ketones is 1. The normalized spacial score (nSPS) is 10.6. The summed E-state index contributed by atoms with van der Waals surface area (Å²) >= 11 is 3.09. The van der Waals surface area contributed by atoms with Gasteiger partial charge in [-0.2, -0.15) is 0 Å². The summed E-state index contributed by atoms with van der Waals surface area (Å²) in [6, 6.07) is 16.5. The molecule has 0 radical (unpaired) electrons. The molecule has 0 spiro atoms. The first kappa shape index (κ1) is 17.4. The Hall–Kier alpha value is -2.44. The van der Waals surface area contributed by atoms with E-state index in [1.807, 2.05) is 36.6 Å². The number of nitro groups is 1. The van der Waals surface area contributed by atoms with Crippen LogP contribution in [0.15, 0.2) is 59.5 Å². The average molecular weight is 369 g/mol. The van der Waals surface area contributed by atoms with E-state index in [0.717, 1.165) is 21.6 Å². The Morgan fingerprint density at radius 2 is 1.64 bits per heavy atom. The lowest BCUT2D eigenvalue weighted by atomic mass is 10.0. The molecule has 0 amide bonds. The van der Waals surface area contributed by atoms with Crippen LogP contribution in [0.4, 0.5) is 5.69 Å². The largest absolute Gasteiger partial charge is 0.294 e. The van der Waals surface area contributed by atoms with E-state index in [-0.39, 0.29) is 11.5 Å². The summed E-state index contributed by atoms with van der Waals surface area (Å²) in [6.07, 6.45) is 2.02. The van der Waals surface area contributed by atoms with Gasteiger partial charge in [0.1, 0.15) is 0 Å². The molecule has 0 N–H and O–H groups in total. The second-order valence-corrected chi connectivity index (χ2v) is 7.37. The van der Waals surface area contributed by atoms with Gasteiger partial charge in [0.2, 0.25) is 0 Å². The van der Waals surface area contributed by atoms with Gasteiger partial charge in [-0.15, -0.1) is 23.1 Å². The third-order valence-corrected chi connectivity index (χ3v) is 5.85. The summed E-state index contributed by atoms with van der Waals surface area (Å²) in [5.41, 5.74) is 2.91. The quantitative estimate of drug-likeness (QED) is 0.243. The predicted octanol–water partition coefficient (Wildman–Crippen LogP) is 5.91.